The second-order valence-corrected chi connectivity index (χ2v) is 4.15. The average molecular weight is 158 g/mol. The summed E-state index contributed by atoms with van der Waals surface area (Å²) in [7, 11) is 1.76. The summed E-state index contributed by atoms with van der Waals surface area (Å²) in [5.41, 5.74) is -0.196. The molecule has 66 valence electrons. The highest BCUT2D eigenvalue weighted by molar-refractivity contribution is 4.86. The third-order valence-corrected chi connectivity index (χ3v) is 3.27. The smallest absolute Gasteiger partial charge is 0.108 e. The van der Waals surface area contributed by atoms with Gasteiger partial charge < -0.3 is 15.2 Å². The van der Waals surface area contributed by atoms with Gasteiger partial charge in [0.05, 0.1) is 19.6 Å². The van der Waals surface area contributed by atoms with E-state index in [4.69, 9.17) is 0 Å². The standard InChI is InChI=1S/C8H18N2O/c1-7-8(2,3)10(4,11)6-5-9-7/h7,9H,5-6H2,1-4H3. The molecule has 2 unspecified atom stereocenters. The van der Waals surface area contributed by atoms with Crippen molar-refractivity contribution in [2.45, 2.75) is 32.4 Å². The van der Waals surface area contributed by atoms with E-state index >= 15 is 0 Å². The largest absolute Gasteiger partial charge is 0.633 e. The Bertz CT molecular complexity index is 154. The number of hydrogen-bond acceptors (Lipinski definition) is 2. The van der Waals surface area contributed by atoms with Gasteiger partial charge in [-0.05, 0) is 20.8 Å². The summed E-state index contributed by atoms with van der Waals surface area (Å²) in [6, 6.07) is 0.304. The second kappa shape index (κ2) is 2.44. The minimum atomic E-state index is -0.196. The van der Waals surface area contributed by atoms with Crippen LogP contribution in [0.5, 0.6) is 0 Å². The minimum absolute atomic E-state index is 0.124. The van der Waals surface area contributed by atoms with Crippen LogP contribution < -0.4 is 5.32 Å². The molecule has 0 aromatic rings. The van der Waals surface area contributed by atoms with Crippen LogP contribution in [0.25, 0.3) is 0 Å². The van der Waals surface area contributed by atoms with Gasteiger partial charge in [0.2, 0.25) is 0 Å². The number of likely N-dealkylation sites (N-methyl/N-ethyl adjacent to an activating group) is 1. The molecule has 0 amide bonds. The molecule has 0 radical (unpaired) electrons. The van der Waals surface area contributed by atoms with Gasteiger partial charge in [-0.15, -0.1) is 0 Å². The molecular weight excluding hydrogens is 140 g/mol. The van der Waals surface area contributed by atoms with Crippen LogP contribution in [0.2, 0.25) is 0 Å². The van der Waals surface area contributed by atoms with Crippen molar-refractivity contribution in [1.29, 1.82) is 0 Å². The molecule has 0 saturated carbocycles. The van der Waals surface area contributed by atoms with Crippen LogP contribution in [0, 0.1) is 5.21 Å². The van der Waals surface area contributed by atoms with Crippen LogP contribution in [0.4, 0.5) is 0 Å². The molecule has 1 aliphatic heterocycles. The van der Waals surface area contributed by atoms with Crippen LogP contribution in [0.1, 0.15) is 20.8 Å². The molecule has 1 heterocycles. The van der Waals surface area contributed by atoms with E-state index in [1.807, 2.05) is 13.8 Å². The van der Waals surface area contributed by atoms with Crippen LogP contribution in [0.15, 0.2) is 0 Å². The molecule has 0 aliphatic carbocycles. The number of nitrogens with one attached hydrogen (secondary N) is 1. The zero-order valence-corrected chi connectivity index (χ0v) is 7.85. The fraction of sp³-hybridized carbons (Fsp3) is 1.00. The van der Waals surface area contributed by atoms with Gasteiger partial charge in [0, 0.05) is 6.54 Å². The van der Waals surface area contributed by atoms with Crippen molar-refractivity contribution in [2.75, 3.05) is 20.1 Å². The Morgan fingerprint density at radius 2 is 2.09 bits per heavy atom. The van der Waals surface area contributed by atoms with E-state index in [0.29, 0.717) is 12.6 Å². The molecule has 1 saturated heterocycles. The van der Waals surface area contributed by atoms with Crippen molar-refractivity contribution in [2.24, 2.45) is 0 Å². The van der Waals surface area contributed by atoms with Gasteiger partial charge in [-0.25, -0.2) is 0 Å². The topological polar surface area (TPSA) is 35.1 Å². The third kappa shape index (κ3) is 1.28. The molecule has 1 rings (SSSR count). The van der Waals surface area contributed by atoms with Gasteiger partial charge in [-0.2, -0.15) is 0 Å². The van der Waals surface area contributed by atoms with Gasteiger partial charge in [-0.3, -0.25) is 0 Å². The predicted molar refractivity (Wildman–Crippen MR) is 46.0 cm³/mol. The Kier molecular flexibility index (Phi) is 1.99. The van der Waals surface area contributed by atoms with Crippen molar-refractivity contribution in [3.63, 3.8) is 0 Å². The SMILES string of the molecule is CC1NCC[N+](C)([O-])C1(C)C. The molecular formula is C8H18N2O. The van der Waals surface area contributed by atoms with Crippen LogP contribution >= 0.6 is 0 Å². The summed E-state index contributed by atoms with van der Waals surface area (Å²) in [4.78, 5) is 0. The molecule has 3 heteroatoms. The summed E-state index contributed by atoms with van der Waals surface area (Å²) in [6.07, 6.45) is 0. The first kappa shape index (κ1) is 8.97. The Morgan fingerprint density at radius 1 is 1.55 bits per heavy atom. The molecule has 0 spiro atoms. The molecule has 1 aliphatic rings. The zero-order valence-electron chi connectivity index (χ0n) is 7.85. The van der Waals surface area contributed by atoms with E-state index in [1.165, 1.54) is 0 Å². The van der Waals surface area contributed by atoms with E-state index < -0.39 is 0 Å². The average Bonchev–Trinajstić information content (AvgIpc) is 1.84. The summed E-state index contributed by atoms with van der Waals surface area (Å²) in [5, 5.41) is 15.2. The highest BCUT2D eigenvalue weighted by Crippen LogP contribution is 2.27. The summed E-state index contributed by atoms with van der Waals surface area (Å²) >= 11 is 0. The van der Waals surface area contributed by atoms with Crippen molar-refractivity contribution >= 4 is 0 Å². The minimum Gasteiger partial charge on any atom is -0.633 e. The molecule has 3 nitrogen and oxygen atoms in total. The Morgan fingerprint density at radius 3 is 2.45 bits per heavy atom. The number of hydroxylamine groups is 3. The number of rotatable bonds is 0. The van der Waals surface area contributed by atoms with Gasteiger partial charge in [-0.1, -0.05) is 0 Å². The predicted octanol–water partition coefficient (Wildman–Crippen LogP) is 0.701. The lowest BCUT2D eigenvalue weighted by Crippen LogP contribution is -2.69. The molecule has 0 aromatic carbocycles. The third-order valence-electron chi connectivity index (χ3n) is 3.27. The monoisotopic (exact) mass is 158 g/mol. The molecule has 0 aromatic heterocycles. The molecule has 2 atom stereocenters. The van der Waals surface area contributed by atoms with E-state index in [2.05, 4.69) is 12.2 Å². The fourth-order valence-corrected chi connectivity index (χ4v) is 1.44. The Hall–Kier alpha value is -0.120. The van der Waals surface area contributed by atoms with E-state index in [0.717, 1.165) is 6.54 Å². The first-order chi connectivity index (χ1) is 4.88. The molecule has 0 bridgehead atoms. The lowest BCUT2D eigenvalue weighted by Gasteiger charge is -2.57. The second-order valence-electron chi connectivity index (χ2n) is 4.15. The maximum Gasteiger partial charge on any atom is 0.108 e. The maximum absolute atomic E-state index is 11.9. The highest BCUT2D eigenvalue weighted by atomic mass is 16.5. The zero-order chi connectivity index (χ0) is 8.70. The number of nitrogens with zero attached hydrogens (tertiary/aromatic N) is 1. The maximum atomic E-state index is 11.9. The Labute approximate surface area is 68.6 Å². The van der Waals surface area contributed by atoms with E-state index in [1.54, 1.807) is 7.05 Å². The van der Waals surface area contributed by atoms with Crippen molar-refractivity contribution in [1.82, 2.24) is 5.32 Å². The molecule has 1 fully saturated rings. The van der Waals surface area contributed by atoms with Gasteiger partial charge in [0.15, 0.2) is 0 Å². The number of piperazine rings is 1. The molecule has 1 N–H and O–H groups in total. The van der Waals surface area contributed by atoms with E-state index in [-0.39, 0.29) is 10.2 Å². The summed E-state index contributed by atoms with van der Waals surface area (Å²) < 4.78 is -0.124. The number of hydrogen-bond donors (Lipinski definition) is 1. The quantitative estimate of drug-likeness (QED) is 0.416. The lowest BCUT2D eigenvalue weighted by atomic mass is 9.91. The van der Waals surface area contributed by atoms with Crippen molar-refractivity contribution < 1.29 is 4.65 Å². The van der Waals surface area contributed by atoms with Crippen LogP contribution in [0.3, 0.4) is 0 Å². The molecule has 11 heavy (non-hydrogen) atoms. The first-order valence-electron chi connectivity index (χ1n) is 4.18. The lowest BCUT2D eigenvalue weighted by molar-refractivity contribution is -0.915. The summed E-state index contributed by atoms with van der Waals surface area (Å²) in [6.45, 7) is 7.64. The Balaban J connectivity index is 2.82. The fourth-order valence-electron chi connectivity index (χ4n) is 1.44. The summed E-state index contributed by atoms with van der Waals surface area (Å²) in [5.74, 6) is 0. The van der Waals surface area contributed by atoms with Gasteiger partial charge >= 0.3 is 0 Å². The van der Waals surface area contributed by atoms with E-state index in [9.17, 15) is 5.21 Å². The van der Waals surface area contributed by atoms with Crippen LogP contribution in [-0.2, 0) is 0 Å². The van der Waals surface area contributed by atoms with Gasteiger partial charge in [0.1, 0.15) is 5.54 Å². The van der Waals surface area contributed by atoms with Crippen molar-refractivity contribution in [3.8, 4) is 0 Å². The highest BCUT2D eigenvalue weighted by Gasteiger charge is 2.41. The van der Waals surface area contributed by atoms with Crippen molar-refractivity contribution in [3.05, 3.63) is 5.21 Å². The van der Waals surface area contributed by atoms with Gasteiger partial charge in [0.25, 0.3) is 0 Å². The van der Waals surface area contributed by atoms with Crippen LogP contribution in [-0.4, -0.2) is 36.4 Å². The number of quaternary nitrogens is 1. The normalized spacial score (nSPS) is 43.9. The first-order valence-corrected chi connectivity index (χ1v) is 4.18.